The fraction of sp³-hybridized carbons (Fsp3) is 0.429. The van der Waals surface area contributed by atoms with E-state index in [1.807, 2.05) is 35.2 Å². The van der Waals surface area contributed by atoms with E-state index in [9.17, 15) is 4.79 Å². The van der Waals surface area contributed by atoms with Gasteiger partial charge in [-0.2, -0.15) is 5.26 Å². The molecule has 1 fully saturated rings. The Hall–Kier alpha value is -1.86. The number of hydrogen-bond donors (Lipinski definition) is 0. The van der Waals surface area contributed by atoms with Crippen molar-refractivity contribution in [3.05, 3.63) is 35.9 Å². The first kappa shape index (κ1) is 12.6. The molecule has 1 aliphatic rings. The molecule has 2 rings (SSSR count). The summed E-state index contributed by atoms with van der Waals surface area (Å²) in [6.07, 6.45) is 1.74. The van der Waals surface area contributed by atoms with Crippen LogP contribution in [0.2, 0.25) is 0 Å². The second-order valence-electron chi connectivity index (χ2n) is 4.38. The quantitative estimate of drug-likeness (QED) is 0.597. The normalized spacial score (nSPS) is 19.4. The minimum atomic E-state index is -0.242. The summed E-state index contributed by atoms with van der Waals surface area (Å²) in [5.74, 6) is -0.216. The highest BCUT2D eigenvalue weighted by Gasteiger charge is 2.31. The lowest BCUT2D eigenvalue weighted by atomic mass is 10.2. The number of ether oxygens (including phenoxy) is 1. The second-order valence-corrected chi connectivity index (χ2v) is 4.38. The molecule has 1 aliphatic heterocycles. The molecule has 18 heavy (non-hydrogen) atoms. The molecule has 1 heterocycles. The number of rotatable bonds is 4. The highest BCUT2D eigenvalue weighted by molar-refractivity contribution is 5.76. The third-order valence-corrected chi connectivity index (χ3v) is 3.13. The van der Waals surface area contributed by atoms with Gasteiger partial charge in [-0.1, -0.05) is 30.3 Å². The van der Waals surface area contributed by atoms with Gasteiger partial charge in [0.05, 0.1) is 12.6 Å². The van der Waals surface area contributed by atoms with Gasteiger partial charge in [-0.25, -0.2) is 0 Å². The number of likely N-dealkylation sites (tertiary alicyclic amines) is 1. The lowest BCUT2D eigenvalue weighted by Crippen LogP contribution is -2.37. The number of nitrogens with zero attached hydrogens (tertiary/aromatic N) is 2. The molecule has 0 unspecified atom stereocenters. The number of benzene rings is 1. The van der Waals surface area contributed by atoms with Crippen LogP contribution in [0.15, 0.2) is 30.3 Å². The molecule has 0 spiro atoms. The third kappa shape index (κ3) is 3.08. The Kier molecular flexibility index (Phi) is 4.32. The van der Waals surface area contributed by atoms with Crippen LogP contribution in [0.3, 0.4) is 0 Å². The maximum atomic E-state index is 11.9. The highest BCUT2D eigenvalue weighted by Crippen LogP contribution is 2.18. The Labute approximate surface area is 107 Å². The first-order valence-electron chi connectivity index (χ1n) is 6.13. The van der Waals surface area contributed by atoms with Gasteiger partial charge in [0.15, 0.2) is 0 Å². The Morgan fingerprint density at radius 2 is 2.22 bits per heavy atom. The summed E-state index contributed by atoms with van der Waals surface area (Å²) in [5, 5.41) is 8.69. The average Bonchev–Trinajstić information content (AvgIpc) is 2.86. The summed E-state index contributed by atoms with van der Waals surface area (Å²) >= 11 is 0. The van der Waals surface area contributed by atoms with Crippen LogP contribution in [0, 0.1) is 11.3 Å². The molecule has 1 saturated heterocycles. The molecule has 1 aromatic carbocycles. The molecule has 4 heteroatoms. The minimum Gasteiger partial charge on any atom is -0.460 e. The molecule has 94 valence electrons. The van der Waals surface area contributed by atoms with Gasteiger partial charge in [0.1, 0.15) is 12.6 Å². The van der Waals surface area contributed by atoms with Crippen LogP contribution in [0.5, 0.6) is 0 Å². The molecule has 1 atom stereocenters. The lowest BCUT2D eigenvalue weighted by molar-refractivity contribution is -0.150. The van der Waals surface area contributed by atoms with Gasteiger partial charge in [-0.15, -0.1) is 0 Å². The molecule has 0 bridgehead atoms. The van der Waals surface area contributed by atoms with Gasteiger partial charge >= 0.3 is 5.97 Å². The molecule has 4 nitrogen and oxygen atoms in total. The van der Waals surface area contributed by atoms with E-state index in [-0.39, 0.29) is 12.0 Å². The van der Waals surface area contributed by atoms with Crippen LogP contribution >= 0.6 is 0 Å². The Morgan fingerprint density at radius 1 is 1.44 bits per heavy atom. The Morgan fingerprint density at radius 3 is 2.94 bits per heavy atom. The van der Waals surface area contributed by atoms with Crippen LogP contribution in [0.25, 0.3) is 0 Å². The number of nitriles is 1. The SMILES string of the molecule is N#CCN1CCC[C@@H]1C(=O)OCc1ccccc1. The smallest absolute Gasteiger partial charge is 0.323 e. The van der Waals surface area contributed by atoms with Crippen molar-refractivity contribution in [2.24, 2.45) is 0 Å². The van der Waals surface area contributed by atoms with Crippen molar-refractivity contribution >= 4 is 5.97 Å². The summed E-state index contributed by atoms with van der Waals surface area (Å²) in [5.41, 5.74) is 0.982. The van der Waals surface area contributed by atoms with Crippen LogP contribution in [0.1, 0.15) is 18.4 Å². The summed E-state index contributed by atoms with van der Waals surface area (Å²) in [4.78, 5) is 13.8. The van der Waals surface area contributed by atoms with E-state index in [0.717, 1.165) is 24.9 Å². The van der Waals surface area contributed by atoms with E-state index in [0.29, 0.717) is 13.2 Å². The number of carbonyl (C=O) groups is 1. The van der Waals surface area contributed by atoms with E-state index in [2.05, 4.69) is 6.07 Å². The molecule has 0 saturated carbocycles. The summed E-state index contributed by atoms with van der Waals surface area (Å²) in [6, 6.07) is 11.5. The first-order chi connectivity index (χ1) is 8.81. The van der Waals surface area contributed by atoms with Crippen molar-refractivity contribution < 1.29 is 9.53 Å². The van der Waals surface area contributed by atoms with Gasteiger partial charge in [0, 0.05) is 6.54 Å². The Balaban J connectivity index is 1.86. The van der Waals surface area contributed by atoms with E-state index >= 15 is 0 Å². The molecule has 0 amide bonds. The summed E-state index contributed by atoms with van der Waals surface area (Å²) < 4.78 is 5.30. The zero-order valence-electron chi connectivity index (χ0n) is 10.2. The van der Waals surface area contributed by atoms with Crippen LogP contribution < -0.4 is 0 Å². The standard InChI is InChI=1S/C14H16N2O2/c15-8-10-16-9-4-7-13(16)14(17)18-11-12-5-2-1-3-6-12/h1-3,5-6,13H,4,7,9-11H2/t13-/m1/s1. The molecular weight excluding hydrogens is 228 g/mol. The fourth-order valence-electron chi connectivity index (χ4n) is 2.20. The van der Waals surface area contributed by atoms with Crippen LogP contribution in [0.4, 0.5) is 0 Å². The van der Waals surface area contributed by atoms with Crippen molar-refractivity contribution in [1.29, 1.82) is 5.26 Å². The van der Waals surface area contributed by atoms with Crippen molar-refractivity contribution in [3.63, 3.8) is 0 Å². The van der Waals surface area contributed by atoms with Crippen molar-refractivity contribution in [3.8, 4) is 6.07 Å². The van der Waals surface area contributed by atoms with E-state index in [4.69, 9.17) is 10.00 Å². The zero-order chi connectivity index (χ0) is 12.8. The topological polar surface area (TPSA) is 53.3 Å². The van der Waals surface area contributed by atoms with Gasteiger partial charge in [-0.05, 0) is 18.4 Å². The third-order valence-electron chi connectivity index (χ3n) is 3.13. The van der Waals surface area contributed by atoms with Crippen molar-refractivity contribution in [2.45, 2.75) is 25.5 Å². The Bertz CT molecular complexity index is 439. The molecule has 0 aromatic heterocycles. The monoisotopic (exact) mass is 244 g/mol. The summed E-state index contributed by atoms with van der Waals surface area (Å²) in [6.45, 7) is 1.40. The molecular formula is C14H16N2O2. The van der Waals surface area contributed by atoms with Crippen LogP contribution in [-0.2, 0) is 16.1 Å². The highest BCUT2D eigenvalue weighted by atomic mass is 16.5. The minimum absolute atomic E-state index is 0.216. The largest absolute Gasteiger partial charge is 0.460 e. The molecule has 0 aliphatic carbocycles. The predicted octanol–water partition coefficient (Wildman–Crippen LogP) is 1.72. The average molecular weight is 244 g/mol. The number of esters is 1. The van der Waals surface area contributed by atoms with E-state index in [1.165, 1.54) is 0 Å². The van der Waals surface area contributed by atoms with Gasteiger partial charge in [0.2, 0.25) is 0 Å². The van der Waals surface area contributed by atoms with E-state index < -0.39 is 0 Å². The molecule has 1 aromatic rings. The number of hydrogen-bond acceptors (Lipinski definition) is 4. The lowest BCUT2D eigenvalue weighted by Gasteiger charge is -2.19. The maximum absolute atomic E-state index is 11.9. The van der Waals surface area contributed by atoms with Crippen molar-refractivity contribution in [1.82, 2.24) is 4.90 Å². The van der Waals surface area contributed by atoms with Gasteiger partial charge < -0.3 is 4.74 Å². The molecule has 0 N–H and O–H groups in total. The van der Waals surface area contributed by atoms with Gasteiger partial charge in [-0.3, -0.25) is 9.69 Å². The zero-order valence-corrected chi connectivity index (χ0v) is 10.2. The first-order valence-corrected chi connectivity index (χ1v) is 6.13. The second kappa shape index (κ2) is 6.18. The maximum Gasteiger partial charge on any atom is 0.323 e. The van der Waals surface area contributed by atoms with Crippen LogP contribution in [-0.4, -0.2) is 30.0 Å². The van der Waals surface area contributed by atoms with Gasteiger partial charge in [0.25, 0.3) is 0 Å². The fourth-order valence-corrected chi connectivity index (χ4v) is 2.20. The number of carbonyl (C=O) groups excluding carboxylic acids is 1. The van der Waals surface area contributed by atoms with E-state index in [1.54, 1.807) is 0 Å². The predicted molar refractivity (Wildman–Crippen MR) is 66.4 cm³/mol. The van der Waals surface area contributed by atoms with Crippen molar-refractivity contribution in [2.75, 3.05) is 13.1 Å². The summed E-state index contributed by atoms with van der Waals surface area (Å²) in [7, 11) is 0. The molecule has 0 radical (unpaired) electrons.